The summed E-state index contributed by atoms with van der Waals surface area (Å²) in [7, 11) is -3.97. The van der Waals surface area contributed by atoms with Crippen LogP contribution in [0.1, 0.15) is 19.4 Å². The molecule has 12 nitrogen and oxygen atoms in total. The van der Waals surface area contributed by atoms with E-state index in [9.17, 15) is 14.5 Å². The molecule has 0 fully saturated rings. The Morgan fingerprint density at radius 2 is 2.06 bits per heavy atom. The first-order valence-electron chi connectivity index (χ1n) is 10.2. The van der Waals surface area contributed by atoms with E-state index in [0.29, 0.717) is 23.3 Å². The topological polar surface area (TPSA) is 180 Å². The predicted molar refractivity (Wildman–Crippen MR) is 121 cm³/mol. The van der Waals surface area contributed by atoms with Crippen LogP contribution >= 0.6 is 7.75 Å². The molecule has 6 N–H and O–H groups in total. The Morgan fingerprint density at radius 3 is 2.79 bits per heavy atom. The first kappa shape index (κ1) is 22.7. The summed E-state index contributed by atoms with van der Waals surface area (Å²) in [5, 5.41) is 11.7. The van der Waals surface area contributed by atoms with E-state index in [1.807, 2.05) is 16.7 Å². The first-order chi connectivity index (χ1) is 15.7. The zero-order valence-electron chi connectivity index (χ0n) is 17.7. The summed E-state index contributed by atoms with van der Waals surface area (Å²) in [6, 6.07) is 7.18. The van der Waals surface area contributed by atoms with Gasteiger partial charge in [-0.15, -0.1) is 0 Å². The molecule has 13 heteroatoms. The van der Waals surface area contributed by atoms with Crippen molar-refractivity contribution in [3.63, 3.8) is 0 Å². The van der Waals surface area contributed by atoms with Crippen molar-refractivity contribution in [3.05, 3.63) is 48.8 Å². The minimum Gasteiger partial charge on any atom is -0.480 e. The second-order valence-corrected chi connectivity index (χ2v) is 9.32. The highest BCUT2D eigenvalue weighted by atomic mass is 31.2. The molecule has 2 aromatic heterocycles. The van der Waals surface area contributed by atoms with Crippen molar-refractivity contribution in [2.45, 2.75) is 25.4 Å². The van der Waals surface area contributed by atoms with Crippen molar-refractivity contribution in [3.8, 4) is 5.75 Å². The Hall–Kier alpha value is -3.47. The van der Waals surface area contributed by atoms with Crippen molar-refractivity contribution >= 4 is 36.6 Å². The highest BCUT2D eigenvalue weighted by Gasteiger charge is 2.33. The number of carboxylic acids is 1. The maximum atomic E-state index is 13.3. The first-order valence-corrected chi connectivity index (χ1v) is 11.7. The van der Waals surface area contributed by atoms with Gasteiger partial charge in [-0.3, -0.25) is 9.32 Å². The van der Waals surface area contributed by atoms with Crippen LogP contribution in [0.5, 0.6) is 5.75 Å². The summed E-state index contributed by atoms with van der Waals surface area (Å²) in [5.74, 6) is -0.732. The van der Waals surface area contributed by atoms with E-state index in [1.165, 1.54) is 6.92 Å². The molecule has 0 bridgehead atoms. The zero-order chi connectivity index (χ0) is 23.6. The molecule has 4 rings (SSSR count). The van der Waals surface area contributed by atoms with Crippen LogP contribution in [0.15, 0.2) is 48.8 Å². The Bertz CT molecular complexity index is 1230. The number of nitrogens with one attached hydrogen (secondary N) is 1. The molecule has 0 radical (unpaired) electrons. The zero-order valence-corrected chi connectivity index (χ0v) is 18.6. The lowest BCUT2D eigenvalue weighted by Gasteiger charge is -2.23. The third-order valence-corrected chi connectivity index (χ3v) is 6.77. The fraction of sp³-hybridized carbons (Fsp3) is 0.300. The van der Waals surface area contributed by atoms with Gasteiger partial charge in [0.25, 0.3) is 0 Å². The molecular weight excluding hydrogens is 449 g/mol. The van der Waals surface area contributed by atoms with Crippen molar-refractivity contribution in [1.82, 2.24) is 24.6 Å². The Morgan fingerprint density at radius 1 is 1.30 bits per heavy atom. The van der Waals surface area contributed by atoms with Crippen molar-refractivity contribution in [2.24, 2.45) is 5.92 Å². The number of nitrogens with zero attached hydrogens (tertiary/aromatic N) is 4. The number of fused-ring (bicyclic) bond motifs is 1. The van der Waals surface area contributed by atoms with Gasteiger partial charge in [-0.2, -0.15) is 15.1 Å². The molecule has 2 heterocycles. The standard InChI is InChI=1S/C20H24N7O5P/c1-12(19(28)29)26-33(30,32-15-5-3-2-4-6-15)31-10-13-7-8-14(9-13)27-11-23-16-17(21)24-20(22)25-18(16)27/h2-8,11-14H,9-10H2,1H3,(H,26,30)(H,28,29)(H4,21,22,24,25)/t12-,13+,14-,33-/m0/s1. The summed E-state index contributed by atoms with van der Waals surface area (Å²) in [6.45, 7) is 1.41. The van der Waals surface area contributed by atoms with E-state index < -0.39 is 19.8 Å². The van der Waals surface area contributed by atoms with Gasteiger partial charge >= 0.3 is 13.7 Å². The summed E-state index contributed by atoms with van der Waals surface area (Å²) in [5.41, 5.74) is 12.6. The van der Waals surface area contributed by atoms with Gasteiger partial charge in [0.1, 0.15) is 17.3 Å². The molecule has 0 aliphatic heterocycles. The number of benzene rings is 1. The quantitative estimate of drug-likeness (QED) is 0.264. The number of imidazole rings is 1. The molecule has 0 unspecified atom stereocenters. The van der Waals surface area contributed by atoms with Crippen LogP contribution in [-0.4, -0.2) is 43.2 Å². The van der Waals surface area contributed by atoms with E-state index in [-0.39, 0.29) is 30.3 Å². The number of nitrogens with two attached hydrogens (primary N) is 2. The van der Waals surface area contributed by atoms with Crippen LogP contribution in [0.4, 0.5) is 11.8 Å². The van der Waals surface area contributed by atoms with Crippen molar-refractivity contribution < 1.29 is 23.5 Å². The van der Waals surface area contributed by atoms with E-state index in [4.69, 9.17) is 20.5 Å². The van der Waals surface area contributed by atoms with Gasteiger partial charge in [0.15, 0.2) is 11.5 Å². The van der Waals surface area contributed by atoms with Gasteiger partial charge in [0, 0.05) is 5.92 Å². The molecule has 174 valence electrons. The minimum atomic E-state index is -3.97. The number of aliphatic carboxylic acids is 1. The third-order valence-electron chi connectivity index (χ3n) is 5.12. The average molecular weight is 473 g/mol. The van der Waals surface area contributed by atoms with E-state index in [2.05, 4.69) is 20.0 Å². The number of carboxylic acid groups (broad SMARTS) is 1. The molecule has 33 heavy (non-hydrogen) atoms. The number of hydrogen-bond acceptors (Lipinski definition) is 9. The number of rotatable bonds is 9. The molecule has 1 aliphatic rings. The van der Waals surface area contributed by atoms with Crippen molar-refractivity contribution in [1.29, 1.82) is 0 Å². The fourth-order valence-electron chi connectivity index (χ4n) is 3.48. The van der Waals surface area contributed by atoms with Gasteiger partial charge in [-0.1, -0.05) is 30.4 Å². The van der Waals surface area contributed by atoms with Crippen LogP contribution in [0.3, 0.4) is 0 Å². The number of para-hydroxylation sites is 1. The number of anilines is 2. The van der Waals surface area contributed by atoms with Gasteiger partial charge in [-0.05, 0) is 25.5 Å². The second-order valence-electron chi connectivity index (χ2n) is 7.63. The summed E-state index contributed by atoms with van der Waals surface area (Å²) >= 11 is 0. The average Bonchev–Trinajstić information content (AvgIpc) is 3.40. The number of hydrogen-bond donors (Lipinski definition) is 4. The second kappa shape index (κ2) is 9.18. The molecule has 1 aliphatic carbocycles. The molecule has 0 spiro atoms. The fourth-order valence-corrected chi connectivity index (χ4v) is 5.03. The highest BCUT2D eigenvalue weighted by molar-refractivity contribution is 7.52. The molecular formula is C20H24N7O5P. The van der Waals surface area contributed by atoms with E-state index in [0.717, 1.165) is 0 Å². The summed E-state index contributed by atoms with van der Waals surface area (Å²) in [6.07, 6.45) is 6.11. The van der Waals surface area contributed by atoms with Gasteiger partial charge in [-0.25, -0.2) is 9.55 Å². The highest BCUT2D eigenvalue weighted by Crippen LogP contribution is 2.46. The smallest absolute Gasteiger partial charge is 0.459 e. The van der Waals surface area contributed by atoms with E-state index >= 15 is 0 Å². The summed E-state index contributed by atoms with van der Waals surface area (Å²) < 4.78 is 26.3. The minimum absolute atomic E-state index is 0.0440. The predicted octanol–water partition coefficient (Wildman–Crippen LogP) is 2.37. The third kappa shape index (κ3) is 5.14. The van der Waals surface area contributed by atoms with Crippen LogP contribution in [0.25, 0.3) is 11.2 Å². The number of allylic oxidation sites excluding steroid dienone is 1. The Balaban J connectivity index is 1.45. The molecule has 0 saturated carbocycles. The Labute approximate surface area is 189 Å². The normalized spacial score (nSPS) is 20.5. The van der Waals surface area contributed by atoms with Crippen LogP contribution in [-0.2, 0) is 13.9 Å². The largest absolute Gasteiger partial charge is 0.480 e. The monoisotopic (exact) mass is 473 g/mol. The number of nitrogen functional groups attached to an aromatic ring is 2. The number of carbonyl (C=O) groups is 1. The van der Waals surface area contributed by atoms with Crippen LogP contribution in [0.2, 0.25) is 0 Å². The van der Waals surface area contributed by atoms with E-state index in [1.54, 1.807) is 36.7 Å². The van der Waals surface area contributed by atoms with Gasteiger partial charge in [0.2, 0.25) is 5.95 Å². The van der Waals surface area contributed by atoms with Crippen LogP contribution in [0, 0.1) is 5.92 Å². The molecule has 3 aromatic rings. The molecule has 4 atom stereocenters. The van der Waals surface area contributed by atoms with Crippen molar-refractivity contribution in [2.75, 3.05) is 18.1 Å². The SMILES string of the molecule is C[C@H](N[P@](=O)(OC[C@@H]1C=C[C@H](n2cnc3c(N)nc(N)nc32)C1)Oc1ccccc1)C(=O)O. The Kier molecular flexibility index (Phi) is 6.32. The van der Waals surface area contributed by atoms with Gasteiger partial charge < -0.3 is 25.7 Å². The molecule has 1 aromatic carbocycles. The van der Waals surface area contributed by atoms with Gasteiger partial charge in [0.05, 0.1) is 19.0 Å². The van der Waals surface area contributed by atoms with Crippen LogP contribution < -0.4 is 21.1 Å². The lowest BCUT2D eigenvalue weighted by molar-refractivity contribution is -0.138. The number of aromatic nitrogens is 4. The lowest BCUT2D eigenvalue weighted by atomic mass is 10.1. The maximum absolute atomic E-state index is 13.3. The molecule has 0 saturated heterocycles. The lowest BCUT2D eigenvalue weighted by Crippen LogP contribution is -2.33. The molecule has 0 amide bonds. The maximum Gasteiger partial charge on any atom is 0.459 e. The summed E-state index contributed by atoms with van der Waals surface area (Å²) in [4.78, 5) is 23.7.